The van der Waals surface area contributed by atoms with Crippen molar-refractivity contribution in [3.8, 4) is 0 Å². The van der Waals surface area contributed by atoms with Crippen LogP contribution in [0.1, 0.15) is 57.4 Å². The zero-order valence-corrected chi connectivity index (χ0v) is 21.8. The number of benzene rings is 1. The summed E-state index contributed by atoms with van der Waals surface area (Å²) in [5.41, 5.74) is 1.15. The lowest BCUT2D eigenvalue weighted by Crippen LogP contribution is -2.56. The van der Waals surface area contributed by atoms with Gasteiger partial charge in [-0.2, -0.15) is 0 Å². The predicted molar refractivity (Wildman–Crippen MR) is 140 cm³/mol. The molecule has 1 fully saturated rings. The van der Waals surface area contributed by atoms with Crippen LogP contribution in [-0.4, -0.2) is 59.6 Å². The average molecular weight is 512 g/mol. The minimum absolute atomic E-state index is 0.0739. The van der Waals surface area contributed by atoms with E-state index in [1.165, 1.54) is 0 Å². The topological polar surface area (TPSA) is 149 Å². The third-order valence-corrected chi connectivity index (χ3v) is 6.54. The van der Waals surface area contributed by atoms with Gasteiger partial charge in [-0.25, -0.2) is 0 Å². The molecule has 0 saturated carbocycles. The highest BCUT2D eigenvalue weighted by molar-refractivity contribution is 6.00. The van der Waals surface area contributed by atoms with E-state index in [4.69, 9.17) is 0 Å². The van der Waals surface area contributed by atoms with Gasteiger partial charge in [-0.05, 0) is 43.2 Å². The van der Waals surface area contributed by atoms with Gasteiger partial charge in [0.1, 0.15) is 24.1 Å². The SMILES string of the molecule is CC(C)CC(NC(=O)C(NC(=O)c1cc2ccccc2[nH]1)C(C)C)C(=O)NC(C=O)C[C@@H]1CCNC1=O. The first-order chi connectivity index (χ1) is 17.6. The Morgan fingerprint density at radius 1 is 1.05 bits per heavy atom. The predicted octanol–water partition coefficient (Wildman–Crippen LogP) is 1.66. The van der Waals surface area contributed by atoms with Crippen LogP contribution in [0, 0.1) is 17.8 Å². The van der Waals surface area contributed by atoms with E-state index in [9.17, 15) is 24.0 Å². The molecular formula is C27H37N5O5. The normalized spacial score (nSPS) is 17.8. The molecule has 10 nitrogen and oxygen atoms in total. The van der Waals surface area contributed by atoms with Gasteiger partial charge in [0, 0.05) is 23.4 Å². The summed E-state index contributed by atoms with van der Waals surface area (Å²) in [6.45, 7) is 8.01. The Bertz CT molecular complexity index is 1110. The molecule has 37 heavy (non-hydrogen) atoms. The lowest BCUT2D eigenvalue weighted by Gasteiger charge is -2.27. The zero-order valence-electron chi connectivity index (χ0n) is 21.8. The van der Waals surface area contributed by atoms with Gasteiger partial charge in [0.15, 0.2) is 0 Å². The highest BCUT2D eigenvalue weighted by Crippen LogP contribution is 2.17. The molecule has 200 valence electrons. The van der Waals surface area contributed by atoms with Crippen molar-refractivity contribution in [2.75, 3.05) is 6.54 Å². The van der Waals surface area contributed by atoms with Crippen LogP contribution in [0.15, 0.2) is 30.3 Å². The fourth-order valence-corrected chi connectivity index (χ4v) is 4.52. The molecule has 0 spiro atoms. The average Bonchev–Trinajstić information content (AvgIpc) is 3.46. The molecule has 4 atom stereocenters. The summed E-state index contributed by atoms with van der Waals surface area (Å²) in [7, 11) is 0. The van der Waals surface area contributed by atoms with Crippen LogP contribution in [0.2, 0.25) is 0 Å². The third-order valence-electron chi connectivity index (χ3n) is 6.54. The van der Waals surface area contributed by atoms with Gasteiger partial charge in [-0.3, -0.25) is 19.2 Å². The van der Waals surface area contributed by atoms with E-state index in [0.717, 1.165) is 10.9 Å². The van der Waals surface area contributed by atoms with Crippen molar-refractivity contribution in [2.45, 2.75) is 65.1 Å². The first-order valence-corrected chi connectivity index (χ1v) is 12.8. The molecule has 1 aromatic carbocycles. The van der Waals surface area contributed by atoms with Crippen LogP contribution in [0.4, 0.5) is 0 Å². The Morgan fingerprint density at radius 3 is 2.38 bits per heavy atom. The molecule has 4 amide bonds. The number of carbonyl (C=O) groups is 5. The van der Waals surface area contributed by atoms with Crippen LogP contribution in [0.3, 0.4) is 0 Å². The highest BCUT2D eigenvalue weighted by Gasteiger charge is 2.32. The maximum Gasteiger partial charge on any atom is 0.268 e. The first kappa shape index (κ1) is 27.9. The fourth-order valence-electron chi connectivity index (χ4n) is 4.52. The van der Waals surface area contributed by atoms with Gasteiger partial charge < -0.3 is 31.0 Å². The number of rotatable bonds is 12. The number of aromatic amines is 1. The van der Waals surface area contributed by atoms with Gasteiger partial charge in [0.2, 0.25) is 17.7 Å². The number of para-hydroxylation sites is 1. The Balaban J connectivity index is 1.67. The largest absolute Gasteiger partial charge is 0.356 e. The van der Waals surface area contributed by atoms with E-state index in [2.05, 4.69) is 26.3 Å². The van der Waals surface area contributed by atoms with Crippen molar-refractivity contribution in [3.05, 3.63) is 36.0 Å². The Labute approximate surface area is 216 Å². The molecule has 1 aliphatic heterocycles. The van der Waals surface area contributed by atoms with E-state index in [-0.39, 0.29) is 30.1 Å². The van der Waals surface area contributed by atoms with E-state index in [1.807, 2.05) is 52.0 Å². The number of amides is 4. The molecule has 1 saturated heterocycles. The van der Waals surface area contributed by atoms with Crippen LogP contribution in [-0.2, 0) is 19.2 Å². The Hall–Kier alpha value is -3.69. The molecule has 2 heterocycles. The molecule has 1 aliphatic rings. The van der Waals surface area contributed by atoms with E-state index >= 15 is 0 Å². The molecule has 1 aromatic heterocycles. The van der Waals surface area contributed by atoms with Crippen molar-refractivity contribution < 1.29 is 24.0 Å². The van der Waals surface area contributed by atoms with Gasteiger partial charge in [-0.1, -0.05) is 45.9 Å². The molecular weight excluding hydrogens is 474 g/mol. The minimum atomic E-state index is -0.904. The van der Waals surface area contributed by atoms with Crippen molar-refractivity contribution in [2.24, 2.45) is 17.8 Å². The third kappa shape index (κ3) is 7.41. The standard InChI is InChI=1S/C27H37N5O5/c1-15(2)11-21(25(35)29-19(14-33)12-18-9-10-28-24(18)34)31-27(37)23(16(3)4)32-26(36)22-13-17-7-5-6-8-20(17)30-22/h5-8,13-16,18-19,21,23,30H,9-12H2,1-4H3,(H,28,34)(H,29,35)(H,31,37)(H,32,36)/t18-,19?,21?,23?/m0/s1. The summed E-state index contributed by atoms with van der Waals surface area (Å²) in [6, 6.07) is 6.58. The van der Waals surface area contributed by atoms with Crippen molar-refractivity contribution in [1.82, 2.24) is 26.3 Å². The van der Waals surface area contributed by atoms with Crippen molar-refractivity contribution in [3.63, 3.8) is 0 Å². The maximum atomic E-state index is 13.3. The first-order valence-electron chi connectivity index (χ1n) is 12.8. The molecule has 0 radical (unpaired) electrons. The number of carbonyl (C=O) groups excluding carboxylic acids is 5. The maximum absolute atomic E-state index is 13.3. The van der Waals surface area contributed by atoms with Gasteiger partial charge in [0.05, 0.1) is 6.04 Å². The van der Waals surface area contributed by atoms with Crippen LogP contribution in [0.5, 0.6) is 0 Å². The number of fused-ring (bicyclic) bond motifs is 1. The molecule has 0 aliphatic carbocycles. The van der Waals surface area contributed by atoms with Gasteiger partial charge >= 0.3 is 0 Å². The molecule has 0 bridgehead atoms. The minimum Gasteiger partial charge on any atom is -0.356 e. The number of H-pyrrole nitrogens is 1. The molecule has 3 rings (SSSR count). The quantitative estimate of drug-likeness (QED) is 0.275. The Morgan fingerprint density at radius 2 is 1.78 bits per heavy atom. The molecule has 2 aromatic rings. The zero-order chi connectivity index (χ0) is 27.1. The van der Waals surface area contributed by atoms with Crippen molar-refractivity contribution in [1.29, 1.82) is 0 Å². The number of hydrogen-bond acceptors (Lipinski definition) is 5. The van der Waals surface area contributed by atoms with Crippen LogP contribution in [0.25, 0.3) is 10.9 Å². The van der Waals surface area contributed by atoms with E-state index in [1.54, 1.807) is 6.07 Å². The fraction of sp³-hybridized carbons (Fsp3) is 0.519. The summed E-state index contributed by atoms with van der Waals surface area (Å²) in [4.78, 5) is 65.9. The summed E-state index contributed by atoms with van der Waals surface area (Å²) < 4.78 is 0. The number of aldehydes is 1. The summed E-state index contributed by atoms with van der Waals surface area (Å²) in [5, 5.41) is 11.8. The lowest BCUT2D eigenvalue weighted by molar-refractivity contribution is -0.132. The molecule has 5 N–H and O–H groups in total. The number of nitrogens with one attached hydrogen (secondary N) is 5. The van der Waals surface area contributed by atoms with E-state index in [0.29, 0.717) is 31.4 Å². The second-order valence-corrected chi connectivity index (χ2v) is 10.4. The second kappa shape index (κ2) is 12.5. The molecule has 10 heteroatoms. The lowest BCUT2D eigenvalue weighted by atomic mass is 9.97. The highest BCUT2D eigenvalue weighted by atomic mass is 16.2. The van der Waals surface area contributed by atoms with Gasteiger partial charge in [0.25, 0.3) is 5.91 Å². The van der Waals surface area contributed by atoms with Crippen LogP contribution >= 0.6 is 0 Å². The second-order valence-electron chi connectivity index (χ2n) is 10.4. The van der Waals surface area contributed by atoms with Crippen molar-refractivity contribution >= 4 is 40.8 Å². The number of hydrogen-bond donors (Lipinski definition) is 5. The Kier molecular flexibility index (Phi) is 9.43. The number of aromatic nitrogens is 1. The van der Waals surface area contributed by atoms with E-state index < -0.39 is 35.8 Å². The molecule has 3 unspecified atom stereocenters. The summed E-state index contributed by atoms with van der Waals surface area (Å²) in [5.74, 6) is -2.05. The summed E-state index contributed by atoms with van der Waals surface area (Å²) in [6.07, 6.45) is 1.78. The summed E-state index contributed by atoms with van der Waals surface area (Å²) >= 11 is 0. The van der Waals surface area contributed by atoms with Gasteiger partial charge in [-0.15, -0.1) is 0 Å². The van der Waals surface area contributed by atoms with Crippen LogP contribution < -0.4 is 21.3 Å². The smallest absolute Gasteiger partial charge is 0.268 e. The monoisotopic (exact) mass is 511 g/mol.